The number of hydrogen-bond acceptors (Lipinski definition) is 6. The van der Waals surface area contributed by atoms with E-state index in [-0.39, 0.29) is 21.2 Å². The Morgan fingerprint density at radius 1 is 1.27 bits per heavy atom. The van der Waals surface area contributed by atoms with Crippen LogP contribution in [0.5, 0.6) is 0 Å². The van der Waals surface area contributed by atoms with Gasteiger partial charge in [-0.1, -0.05) is 12.2 Å². The number of aliphatic hydroxyl groups is 3. The monoisotopic (exact) mass is 330 g/mol. The average Bonchev–Trinajstić information content (AvgIpc) is 2.74. The topological polar surface area (TPSA) is 98.6 Å². The summed E-state index contributed by atoms with van der Waals surface area (Å²) < 4.78 is 32.4. The fourth-order valence-electron chi connectivity index (χ4n) is 2.50. The molecule has 0 radical (unpaired) electrons. The molecule has 22 heavy (non-hydrogen) atoms. The van der Waals surface area contributed by atoms with Gasteiger partial charge in [0.1, 0.15) is 40.5 Å². The van der Waals surface area contributed by atoms with Crippen LogP contribution in [0.2, 0.25) is 0 Å². The Morgan fingerprint density at radius 3 is 2.64 bits per heavy atom. The molecule has 0 aromatic carbocycles. The molecule has 0 aliphatic carbocycles. The molecule has 0 spiro atoms. The highest BCUT2D eigenvalue weighted by Crippen LogP contribution is 2.35. The highest BCUT2D eigenvalue weighted by Gasteiger charge is 2.43. The maximum absolute atomic E-state index is 13.8. The van der Waals surface area contributed by atoms with E-state index in [0.717, 1.165) is 0 Å². The predicted octanol–water partition coefficient (Wildman–Crippen LogP) is 0.725. The van der Waals surface area contributed by atoms with E-state index in [1.165, 1.54) is 6.07 Å². The van der Waals surface area contributed by atoms with Crippen LogP contribution in [0.4, 0.5) is 8.78 Å². The van der Waals surface area contributed by atoms with Crippen LogP contribution in [-0.2, 0) is 4.74 Å². The zero-order valence-corrected chi connectivity index (χ0v) is 11.8. The summed E-state index contributed by atoms with van der Waals surface area (Å²) >= 11 is 5.09. The lowest BCUT2D eigenvalue weighted by atomic mass is 10.0. The fourth-order valence-corrected chi connectivity index (χ4v) is 2.77. The summed E-state index contributed by atoms with van der Waals surface area (Å²) in [5, 5.41) is 28.8. The summed E-state index contributed by atoms with van der Waals surface area (Å²) in [5.74, 6) is -1.84. The van der Waals surface area contributed by atoms with Gasteiger partial charge in [-0.3, -0.25) is 0 Å². The molecule has 0 saturated carbocycles. The van der Waals surface area contributed by atoms with Crippen molar-refractivity contribution in [2.45, 2.75) is 24.4 Å². The van der Waals surface area contributed by atoms with E-state index >= 15 is 0 Å². The molecular formula is C13H12F2N2O4S. The molecule has 9 heteroatoms. The first-order valence-corrected chi connectivity index (χ1v) is 6.84. The Morgan fingerprint density at radius 2 is 2.00 bits per heavy atom. The molecule has 1 saturated heterocycles. The standard InChI is InChI=1S/C13H12F2N2O4S/c14-6-2-8(15)16-12-4(6)1-5(13(22)17-12)11-10(20)9(19)7(3-18)21-11/h1-2,7,9-11,18-20H,3H2,(H,16,17,22). The van der Waals surface area contributed by atoms with E-state index in [1.807, 2.05) is 0 Å². The third-order valence-corrected chi connectivity index (χ3v) is 3.96. The van der Waals surface area contributed by atoms with Crippen LogP contribution in [-0.4, -0.2) is 50.2 Å². The first-order valence-electron chi connectivity index (χ1n) is 6.43. The minimum atomic E-state index is -1.33. The van der Waals surface area contributed by atoms with Gasteiger partial charge >= 0.3 is 0 Å². The van der Waals surface area contributed by atoms with Gasteiger partial charge in [0.05, 0.1) is 12.0 Å². The van der Waals surface area contributed by atoms with Crippen molar-refractivity contribution in [3.05, 3.63) is 34.1 Å². The van der Waals surface area contributed by atoms with Crippen molar-refractivity contribution in [2.24, 2.45) is 0 Å². The first-order chi connectivity index (χ1) is 10.4. The molecule has 4 atom stereocenters. The Bertz CT molecular complexity index is 784. The largest absolute Gasteiger partial charge is 0.394 e. The number of fused-ring (bicyclic) bond motifs is 1. The molecule has 3 heterocycles. The summed E-state index contributed by atoms with van der Waals surface area (Å²) in [6, 6.07) is 1.91. The molecule has 1 aliphatic rings. The van der Waals surface area contributed by atoms with Crippen LogP contribution in [0.1, 0.15) is 11.7 Å². The molecule has 6 nitrogen and oxygen atoms in total. The Balaban J connectivity index is 2.12. The molecule has 1 aliphatic heterocycles. The van der Waals surface area contributed by atoms with Gasteiger partial charge in [-0.05, 0) is 6.07 Å². The summed E-state index contributed by atoms with van der Waals surface area (Å²) in [5.41, 5.74) is 0.148. The molecule has 4 N–H and O–H groups in total. The smallest absolute Gasteiger partial charge is 0.217 e. The highest BCUT2D eigenvalue weighted by molar-refractivity contribution is 7.71. The van der Waals surface area contributed by atoms with Crippen molar-refractivity contribution < 1.29 is 28.8 Å². The zero-order chi connectivity index (χ0) is 16.0. The fraction of sp³-hybridized carbons (Fsp3) is 0.385. The highest BCUT2D eigenvalue weighted by atomic mass is 32.1. The number of ether oxygens (including phenoxy) is 1. The van der Waals surface area contributed by atoms with Gasteiger partial charge in [-0.25, -0.2) is 9.37 Å². The van der Waals surface area contributed by atoms with Crippen LogP contribution in [0.3, 0.4) is 0 Å². The number of nitrogens with one attached hydrogen (secondary N) is 1. The Hall–Kier alpha value is -1.52. The van der Waals surface area contributed by atoms with Crippen molar-refractivity contribution in [2.75, 3.05) is 6.61 Å². The molecule has 0 bridgehead atoms. The number of hydrogen-bond donors (Lipinski definition) is 4. The molecule has 2 aromatic heterocycles. The van der Waals surface area contributed by atoms with Gasteiger partial charge in [0.25, 0.3) is 0 Å². The maximum atomic E-state index is 13.8. The van der Waals surface area contributed by atoms with E-state index in [4.69, 9.17) is 22.1 Å². The number of pyridine rings is 2. The third-order valence-electron chi connectivity index (χ3n) is 3.62. The van der Waals surface area contributed by atoms with Gasteiger partial charge in [0.15, 0.2) is 0 Å². The quantitative estimate of drug-likeness (QED) is 0.479. The van der Waals surface area contributed by atoms with Crippen LogP contribution in [0.25, 0.3) is 11.0 Å². The Labute approximate surface area is 128 Å². The van der Waals surface area contributed by atoms with Crippen LogP contribution >= 0.6 is 12.2 Å². The minimum Gasteiger partial charge on any atom is -0.394 e. The number of aromatic amines is 1. The summed E-state index contributed by atoms with van der Waals surface area (Å²) in [4.78, 5) is 6.08. The molecule has 3 rings (SSSR count). The van der Waals surface area contributed by atoms with E-state index in [1.54, 1.807) is 0 Å². The van der Waals surface area contributed by atoms with Gasteiger partial charge in [0.2, 0.25) is 5.95 Å². The molecule has 1 fully saturated rings. The van der Waals surface area contributed by atoms with E-state index in [2.05, 4.69) is 9.97 Å². The lowest BCUT2D eigenvalue weighted by Crippen LogP contribution is -2.32. The first kappa shape index (κ1) is 15.4. The predicted molar refractivity (Wildman–Crippen MR) is 73.6 cm³/mol. The second kappa shape index (κ2) is 5.60. The number of rotatable bonds is 2. The van der Waals surface area contributed by atoms with Gasteiger partial charge in [-0.15, -0.1) is 0 Å². The van der Waals surface area contributed by atoms with Crippen LogP contribution in [0, 0.1) is 16.4 Å². The normalized spacial score (nSPS) is 28.4. The average molecular weight is 330 g/mol. The van der Waals surface area contributed by atoms with Crippen molar-refractivity contribution in [3.63, 3.8) is 0 Å². The summed E-state index contributed by atoms with van der Waals surface area (Å²) in [6.45, 7) is -0.486. The minimum absolute atomic E-state index is 0.0252. The number of halogens is 2. The molecule has 0 amide bonds. The number of aromatic nitrogens is 2. The molecular weight excluding hydrogens is 318 g/mol. The van der Waals surface area contributed by atoms with Crippen molar-refractivity contribution in [1.29, 1.82) is 0 Å². The number of nitrogens with zero attached hydrogens (tertiary/aromatic N) is 1. The van der Waals surface area contributed by atoms with E-state index in [0.29, 0.717) is 6.07 Å². The van der Waals surface area contributed by atoms with Crippen LogP contribution < -0.4 is 0 Å². The van der Waals surface area contributed by atoms with E-state index in [9.17, 15) is 19.0 Å². The van der Waals surface area contributed by atoms with Crippen molar-refractivity contribution >= 4 is 23.3 Å². The van der Waals surface area contributed by atoms with E-state index < -0.39 is 42.8 Å². The third kappa shape index (κ3) is 2.40. The Kier molecular flexibility index (Phi) is 3.91. The van der Waals surface area contributed by atoms with Crippen molar-refractivity contribution in [1.82, 2.24) is 9.97 Å². The molecule has 2 aromatic rings. The van der Waals surface area contributed by atoms with Crippen molar-refractivity contribution in [3.8, 4) is 0 Å². The van der Waals surface area contributed by atoms with Gasteiger partial charge in [0, 0.05) is 11.6 Å². The lowest BCUT2D eigenvalue weighted by Gasteiger charge is -2.15. The number of H-pyrrole nitrogens is 1. The maximum Gasteiger partial charge on any atom is 0.217 e. The second-order valence-electron chi connectivity index (χ2n) is 5.00. The van der Waals surface area contributed by atoms with Gasteiger partial charge < -0.3 is 25.0 Å². The SMILES string of the molecule is OCC1OC(c2cc3c(F)cc(F)nc3[nH]c2=S)C(O)C1O. The van der Waals surface area contributed by atoms with Crippen LogP contribution in [0.15, 0.2) is 12.1 Å². The summed E-state index contributed by atoms with van der Waals surface area (Å²) in [7, 11) is 0. The molecule has 4 unspecified atom stereocenters. The van der Waals surface area contributed by atoms with Gasteiger partial charge in [-0.2, -0.15) is 4.39 Å². The lowest BCUT2D eigenvalue weighted by molar-refractivity contribution is -0.0229. The number of aliphatic hydroxyl groups excluding tert-OH is 3. The second-order valence-corrected chi connectivity index (χ2v) is 5.41. The molecule has 118 valence electrons. The zero-order valence-electron chi connectivity index (χ0n) is 11.0. The summed E-state index contributed by atoms with van der Waals surface area (Å²) in [6.07, 6.45) is -4.64.